The fourth-order valence-corrected chi connectivity index (χ4v) is 2.00. The smallest absolute Gasteiger partial charge is 0.328 e. The summed E-state index contributed by atoms with van der Waals surface area (Å²) in [5.41, 5.74) is 0. The van der Waals surface area contributed by atoms with Gasteiger partial charge < -0.3 is 40.9 Å². The molecule has 0 aliphatic rings. The monoisotopic (exact) mass is 410 g/mol. The zero-order chi connectivity index (χ0) is 22.4. The Kier molecular flexibility index (Phi) is 14.7. The second-order valence-electron chi connectivity index (χ2n) is 6.08. The maximum atomic E-state index is 10.7. The van der Waals surface area contributed by atoms with E-state index in [0.29, 0.717) is 0 Å². The van der Waals surface area contributed by atoms with Crippen LogP contribution in [0.2, 0.25) is 0 Å². The first-order valence-electron chi connectivity index (χ1n) is 8.33. The van der Waals surface area contributed by atoms with Crippen molar-refractivity contribution in [3.63, 3.8) is 0 Å². The number of aliphatic hydroxyl groups is 3. The molecule has 0 aromatic heterocycles. The molecule has 0 spiro atoms. The van der Waals surface area contributed by atoms with E-state index < -0.39 is 48.6 Å². The number of methoxy groups -OCH3 is 1. The zero-order valence-electron chi connectivity index (χ0n) is 16.3. The van der Waals surface area contributed by atoms with Crippen LogP contribution in [0.25, 0.3) is 0 Å². The number of aliphatic carboxylic acids is 2. The lowest BCUT2D eigenvalue weighted by Gasteiger charge is -2.21. The lowest BCUT2D eigenvalue weighted by Crippen LogP contribution is -2.48. The molecule has 0 saturated carbocycles. The normalized spacial score (nSPS) is 15.7. The lowest BCUT2D eigenvalue weighted by molar-refractivity contribution is -0.147. The van der Waals surface area contributed by atoms with Gasteiger partial charge in [0, 0.05) is 27.4 Å². The Morgan fingerprint density at radius 1 is 0.929 bits per heavy atom. The molecule has 0 saturated heterocycles. The SMILES string of the molecule is CC(=O)NC(C(=O)O)[C@H](O)CC(=O)O.COCC(O)C[C@@H](O)C(C)NC(C)=O. The van der Waals surface area contributed by atoms with Gasteiger partial charge in [-0.15, -0.1) is 0 Å². The van der Waals surface area contributed by atoms with Crippen molar-refractivity contribution in [2.75, 3.05) is 13.7 Å². The van der Waals surface area contributed by atoms with Gasteiger partial charge in [0.2, 0.25) is 11.8 Å². The summed E-state index contributed by atoms with van der Waals surface area (Å²) in [4.78, 5) is 41.8. The quantitative estimate of drug-likeness (QED) is 0.194. The van der Waals surface area contributed by atoms with Gasteiger partial charge in [-0.05, 0) is 6.92 Å². The van der Waals surface area contributed by atoms with Crippen LogP contribution in [0.5, 0.6) is 0 Å². The number of hydrogen-bond acceptors (Lipinski definition) is 8. The third kappa shape index (κ3) is 14.8. The highest BCUT2D eigenvalue weighted by atomic mass is 16.5. The van der Waals surface area contributed by atoms with Crippen LogP contribution < -0.4 is 10.6 Å². The third-order valence-electron chi connectivity index (χ3n) is 3.27. The van der Waals surface area contributed by atoms with Crippen molar-refractivity contribution in [1.29, 1.82) is 0 Å². The number of ether oxygens (including phenoxy) is 1. The minimum absolute atomic E-state index is 0.184. The first-order chi connectivity index (χ1) is 12.8. The number of carboxylic acid groups (broad SMARTS) is 2. The molecule has 28 heavy (non-hydrogen) atoms. The minimum atomic E-state index is -1.64. The molecule has 164 valence electrons. The van der Waals surface area contributed by atoms with Crippen LogP contribution in [-0.2, 0) is 23.9 Å². The van der Waals surface area contributed by atoms with E-state index in [1.54, 1.807) is 6.92 Å². The zero-order valence-corrected chi connectivity index (χ0v) is 16.3. The predicted molar refractivity (Wildman–Crippen MR) is 95.3 cm³/mol. The number of aliphatic hydroxyl groups excluding tert-OH is 3. The van der Waals surface area contributed by atoms with Crippen molar-refractivity contribution in [2.45, 2.75) is 64.0 Å². The van der Waals surface area contributed by atoms with Crippen molar-refractivity contribution in [2.24, 2.45) is 0 Å². The number of carboxylic acids is 2. The molecule has 0 aliphatic heterocycles. The van der Waals surface area contributed by atoms with Crippen LogP contribution in [-0.4, -0.2) is 93.4 Å². The Bertz CT molecular complexity index is 514. The summed E-state index contributed by atoms with van der Waals surface area (Å²) in [5, 5.41) is 49.3. The van der Waals surface area contributed by atoms with Crippen LogP contribution in [0.1, 0.15) is 33.6 Å². The molecular formula is C16H30N2O10. The van der Waals surface area contributed by atoms with Gasteiger partial charge in [-0.2, -0.15) is 0 Å². The van der Waals surface area contributed by atoms with Gasteiger partial charge in [0.15, 0.2) is 6.04 Å². The summed E-state index contributed by atoms with van der Waals surface area (Å²) in [6.07, 6.45) is -3.66. The average Bonchev–Trinajstić information content (AvgIpc) is 2.51. The largest absolute Gasteiger partial charge is 0.481 e. The van der Waals surface area contributed by atoms with Gasteiger partial charge in [0.25, 0.3) is 0 Å². The molecule has 0 aromatic carbocycles. The molecular weight excluding hydrogens is 380 g/mol. The molecule has 12 nitrogen and oxygen atoms in total. The predicted octanol–water partition coefficient (Wildman–Crippen LogP) is -2.32. The van der Waals surface area contributed by atoms with E-state index in [2.05, 4.69) is 5.32 Å². The van der Waals surface area contributed by atoms with Gasteiger partial charge in [-0.25, -0.2) is 4.79 Å². The van der Waals surface area contributed by atoms with Crippen LogP contribution >= 0.6 is 0 Å². The fourth-order valence-electron chi connectivity index (χ4n) is 2.00. The number of rotatable bonds is 11. The highest BCUT2D eigenvalue weighted by Crippen LogP contribution is 2.03. The van der Waals surface area contributed by atoms with Crippen molar-refractivity contribution in [3.8, 4) is 0 Å². The lowest BCUT2D eigenvalue weighted by atomic mass is 10.1. The number of nitrogens with one attached hydrogen (secondary N) is 2. The topological polar surface area (TPSA) is 203 Å². The molecule has 12 heteroatoms. The van der Waals surface area contributed by atoms with Crippen LogP contribution in [0.15, 0.2) is 0 Å². The standard InChI is InChI=1S/C9H19NO4.C7H11NO6/c1-6(10-7(2)11)9(13)4-8(12)5-14-3;1-3(9)8-6(7(13)14)4(10)2-5(11)12/h6,8-9,12-13H,4-5H2,1-3H3,(H,10,11);4,6,10H,2H2,1H3,(H,8,9)(H,11,12)(H,13,14)/t6?,8?,9-;4-,6?/m11/s1. The van der Waals surface area contributed by atoms with E-state index in [-0.39, 0.29) is 25.0 Å². The molecule has 3 unspecified atom stereocenters. The van der Waals surface area contributed by atoms with Gasteiger partial charge >= 0.3 is 11.9 Å². The molecule has 0 aliphatic carbocycles. The van der Waals surface area contributed by atoms with Crippen molar-refractivity contribution < 1.29 is 49.4 Å². The van der Waals surface area contributed by atoms with E-state index in [0.717, 1.165) is 6.92 Å². The second-order valence-corrected chi connectivity index (χ2v) is 6.08. The molecule has 0 fully saturated rings. The third-order valence-corrected chi connectivity index (χ3v) is 3.27. The Balaban J connectivity index is 0. The van der Waals surface area contributed by atoms with Crippen molar-refractivity contribution in [3.05, 3.63) is 0 Å². The number of carbonyl (C=O) groups excluding carboxylic acids is 2. The fraction of sp³-hybridized carbons (Fsp3) is 0.750. The van der Waals surface area contributed by atoms with Gasteiger partial charge in [0.05, 0.1) is 37.4 Å². The highest BCUT2D eigenvalue weighted by molar-refractivity contribution is 5.83. The van der Waals surface area contributed by atoms with Gasteiger partial charge in [-0.3, -0.25) is 14.4 Å². The molecule has 0 heterocycles. The van der Waals surface area contributed by atoms with Crippen LogP contribution in [0.3, 0.4) is 0 Å². The van der Waals surface area contributed by atoms with E-state index in [4.69, 9.17) is 20.1 Å². The average molecular weight is 410 g/mol. The van der Waals surface area contributed by atoms with Gasteiger partial charge in [-0.1, -0.05) is 0 Å². The Morgan fingerprint density at radius 3 is 1.79 bits per heavy atom. The Hall–Kier alpha value is -2.28. The van der Waals surface area contributed by atoms with E-state index >= 15 is 0 Å². The minimum Gasteiger partial charge on any atom is -0.481 e. The summed E-state index contributed by atoms with van der Waals surface area (Å²) in [5.74, 6) is -3.66. The summed E-state index contributed by atoms with van der Waals surface area (Å²) in [6, 6.07) is -1.96. The second kappa shape index (κ2) is 14.7. The van der Waals surface area contributed by atoms with Crippen LogP contribution in [0, 0.1) is 0 Å². The molecule has 2 amide bonds. The summed E-state index contributed by atoms with van der Waals surface area (Å²) < 4.78 is 4.72. The summed E-state index contributed by atoms with van der Waals surface area (Å²) >= 11 is 0. The van der Waals surface area contributed by atoms with Crippen molar-refractivity contribution in [1.82, 2.24) is 10.6 Å². The number of carbonyl (C=O) groups is 4. The van der Waals surface area contributed by atoms with E-state index in [9.17, 15) is 29.4 Å². The maximum absolute atomic E-state index is 10.7. The number of hydrogen-bond donors (Lipinski definition) is 7. The Labute approximate surface area is 162 Å². The first kappa shape index (κ1) is 27.9. The van der Waals surface area contributed by atoms with Gasteiger partial charge in [0.1, 0.15) is 0 Å². The number of amides is 2. The molecule has 0 aromatic rings. The molecule has 7 N–H and O–H groups in total. The molecule has 0 radical (unpaired) electrons. The summed E-state index contributed by atoms with van der Waals surface area (Å²) in [7, 11) is 1.48. The Morgan fingerprint density at radius 2 is 1.43 bits per heavy atom. The van der Waals surface area contributed by atoms with Crippen molar-refractivity contribution >= 4 is 23.8 Å². The summed E-state index contributed by atoms with van der Waals surface area (Å²) in [6.45, 7) is 4.33. The molecule has 5 atom stereocenters. The van der Waals surface area contributed by atoms with E-state index in [1.165, 1.54) is 14.0 Å². The highest BCUT2D eigenvalue weighted by Gasteiger charge is 2.28. The first-order valence-corrected chi connectivity index (χ1v) is 8.33. The van der Waals surface area contributed by atoms with E-state index in [1.807, 2.05) is 5.32 Å². The molecule has 0 rings (SSSR count). The maximum Gasteiger partial charge on any atom is 0.328 e. The molecule has 0 bridgehead atoms. The van der Waals surface area contributed by atoms with Crippen LogP contribution in [0.4, 0.5) is 0 Å².